The van der Waals surface area contributed by atoms with Crippen molar-refractivity contribution in [2.24, 2.45) is 0 Å². The number of amides is 1. The Morgan fingerprint density at radius 1 is 1.07 bits per heavy atom. The van der Waals surface area contributed by atoms with Gasteiger partial charge in [-0.05, 0) is 12.6 Å². The largest absolute Gasteiger partial charge is 0.298 e. The van der Waals surface area contributed by atoms with Gasteiger partial charge in [0.2, 0.25) is 0 Å². The van der Waals surface area contributed by atoms with E-state index in [0.717, 1.165) is 31.7 Å². The number of nitrogens with zero attached hydrogens (tertiary/aromatic N) is 2. The zero-order chi connectivity index (χ0) is 19.5. The first-order valence-electron chi connectivity index (χ1n) is 9.36. The molecular weight excluding hydrogens is 370 g/mol. The van der Waals surface area contributed by atoms with Crippen LogP contribution >= 0.6 is 11.3 Å². The van der Waals surface area contributed by atoms with Crippen molar-refractivity contribution in [2.45, 2.75) is 19.9 Å². The average Bonchev–Trinajstić information content (AvgIpc) is 3.15. The second kappa shape index (κ2) is 8.04. The summed E-state index contributed by atoms with van der Waals surface area (Å²) in [4.78, 5) is 33.9. The maximum absolute atomic E-state index is 12.9. The van der Waals surface area contributed by atoms with Crippen LogP contribution in [-0.2, 0) is 13.0 Å². The Bertz CT molecular complexity index is 1010. The summed E-state index contributed by atoms with van der Waals surface area (Å²) >= 11 is 1.52. The number of ketones is 1. The molecule has 1 N–H and O–H groups in total. The second-order valence-electron chi connectivity index (χ2n) is 6.70. The fourth-order valence-corrected chi connectivity index (χ4v) is 4.41. The first kappa shape index (κ1) is 18.5. The molecule has 5 nitrogen and oxygen atoms in total. The summed E-state index contributed by atoms with van der Waals surface area (Å²) in [6.07, 6.45) is 0.901. The normalized spacial score (nSPS) is 13.8. The number of thiazole rings is 1. The molecule has 0 bridgehead atoms. The molecule has 1 aliphatic heterocycles. The van der Waals surface area contributed by atoms with Crippen LogP contribution in [0.25, 0.3) is 0 Å². The number of anilines is 1. The van der Waals surface area contributed by atoms with Crippen LogP contribution in [0.1, 0.15) is 43.8 Å². The molecule has 0 radical (unpaired) electrons. The third-order valence-corrected chi connectivity index (χ3v) is 5.93. The number of aromatic nitrogens is 1. The van der Waals surface area contributed by atoms with E-state index in [2.05, 4.69) is 22.1 Å². The number of benzene rings is 2. The lowest BCUT2D eigenvalue weighted by molar-refractivity contribution is 0.0996. The Hall–Kier alpha value is -2.83. The van der Waals surface area contributed by atoms with E-state index in [1.54, 1.807) is 36.4 Å². The lowest BCUT2D eigenvalue weighted by Crippen LogP contribution is -2.29. The zero-order valence-electron chi connectivity index (χ0n) is 15.6. The van der Waals surface area contributed by atoms with E-state index in [9.17, 15) is 9.59 Å². The second-order valence-corrected chi connectivity index (χ2v) is 7.79. The maximum Gasteiger partial charge on any atom is 0.258 e. The molecule has 1 amide bonds. The fourth-order valence-electron chi connectivity index (χ4n) is 3.36. The van der Waals surface area contributed by atoms with Crippen LogP contribution in [0.4, 0.5) is 5.13 Å². The van der Waals surface area contributed by atoms with Crippen molar-refractivity contribution in [1.82, 2.24) is 9.88 Å². The molecule has 0 saturated heterocycles. The van der Waals surface area contributed by atoms with Gasteiger partial charge < -0.3 is 0 Å². The first-order valence-corrected chi connectivity index (χ1v) is 10.2. The topological polar surface area (TPSA) is 62.3 Å². The van der Waals surface area contributed by atoms with Crippen LogP contribution in [0.2, 0.25) is 0 Å². The summed E-state index contributed by atoms with van der Waals surface area (Å²) in [5, 5.41) is 3.49. The third kappa shape index (κ3) is 3.74. The van der Waals surface area contributed by atoms with E-state index >= 15 is 0 Å². The average molecular weight is 391 g/mol. The highest BCUT2D eigenvalue weighted by molar-refractivity contribution is 7.15. The molecule has 1 aromatic heterocycles. The van der Waals surface area contributed by atoms with Gasteiger partial charge in [0.25, 0.3) is 5.91 Å². The van der Waals surface area contributed by atoms with Crippen molar-refractivity contribution >= 4 is 28.2 Å². The summed E-state index contributed by atoms with van der Waals surface area (Å²) in [5.74, 6) is -0.471. The predicted molar refractivity (Wildman–Crippen MR) is 111 cm³/mol. The number of carbonyl (C=O) groups excluding carboxylic acids is 2. The van der Waals surface area contributed by atoms with Crippen molar-refractivity contribution in [3.63, 3.8) is 0 Å². The van der Waals surface area contributed by atoms with E-state index in [4.69, 9.17) is 0 Å². The van der Waals surface area contributed by atoms with Crippen LogP contribution < -0.4 is 5.32 Å². The molecule has 2 aromatic carbocycles. The van der Waals surface area contributed by atoms with Gasteiger partial charge >= 0.3 is 0 Å². The molecule has 0 unspecified atom stereocenters. The van der Waals surface area contributed by atoms with Crippen LogP contribution in [0.3, 0.4) is 0 Å². The molecule has 0 aliphatic carbocycles. The van der Waals surface area contributed by atoms with Gasteiger partial charge in [-0.25, -0.2) is 4.98 Å². The van der Waals surface area contributed by atoms with Gasteiger partial charge in [0.1, 0.15) is 0 Å². The van der Waals surface area contributed by atoms with E-state index in [0.29, 0.717) is 21.8 Å². The summed E-state index contributed by atoms with van der Waals surface area (Å²) in [5.41, 5.74) is 2.38. The maximum atomic E-state index is 12.9. The van der Waals surface area contributed by atoms with Crippen molar-refractivity contribution < 1.29 is 9.59 Å². The minimum atomic E-state index is -0.307. The van der Waals surface area contributed by atoms with Crippen molar-refractivity contribution in [1.29, 1.82) is 0 Å². The Morgan fingerprint density at radius 3 is 2.54 bits per heavy atom. The number of hydrogen-bond acceptors (Lipinski definition) is 5. The zero-order valence-corrected chi connectivity index (χ0v) is 16.5. The monoisotopic (exact) mass is 391 g/mol. The van der Waals surface area contributed by atoms with Gasteiger partial charge in [-0.15, -0.1) is 11.3 Å². The number of hydrogen-bond donors (Lipinski definition) is 1. The van der Waals surface area contributed by atoms with E-state index in [1.807, 2.05) is 18.2 Å². The van der Waals surface area contributed by atoms with Gasteiger partial charge in [0.05, 0.1) is 11.3 Å². The van der Waals surface area contributed by atoms with Gasteiger partial charge in [0.15, 0.2) is 10.9 Å². The molecule has 4 rings (SSSR count). The van der Waals surface area contributed by atoms with Crippen LogP contribution in [0.15, 0.2) is 54.6 Å². The number of rotatable bonds is 5. The molecule has 6 heteroatoms. The van der Waals surface area contributed by atoms with Crippen molar-refractivity contribution in [3.05, 3.63) is 81.9 Å². The lowest BCUT2D eigenvalue weighted by atomic mass is 9.98. The summed E-state index contributed by atoms with van der Waals surface area (Å²) in [6.45, 7) is 5.03. The van der Waals surface area contributed by atoms with Crippen LogP contribution in [-0.4, -0.2) is 34.7 Å². The predicted octanol–water partition coefficient (Wildman–Crippen LogP) is 4.00. The third-order valence-electron chi connectivity index (χ3n) is 4.93. The van der Waals surface area contributed by atoms with Gasteiger partial charge in [-0.3, -0.25) is 19.8 Å². The van der Waals surface area contributed by atoms with Gasteiger partial charge in [0, 0.05) is 35.5 Å². The van der Waals surface area contributed by atoms with Crippen molar-refractivity contribution in [3.8, 4) is 0 Å². The molecule has 1 aliphatic rings. The first-order chi connectivity index (χ1) is 13.7. The molecule has 2 heterocycles. The SMILES string of the molecule is CCN1CCc2nc(NC(=O)c3ccccc3C(=O)c3ccccc3)sc2C1. The highest BCUT2D eigenvalue weighted by atomic mass is 32.1. The smallest absolute Gasteiger partial charge is 0.258 e. The molecule has 3 aromatic rings. The van der Waals surface area contributed by atoms with Crippen LogP contribution in [0.5, 0.6) is 0 Å². The highest BCUT2D eigenvalue weighted by Gasteiger charge is 2.22. The number of carbonyl (C=O) groups is 2. The van der Waals surface area contributed by atoms with E-state index < -0.39 is 0 Å². The van der Waals surface area contributed by atoms with E-state index in [1.165, 1.54) is 16.2 Å². The Kier molecular flexibility index (Phi) is 5.32. The Labute approximate surface area is 168 Å². The Balaban J connectivity index is 1.57. The summed E-state index contributed by atoms with van der Waals surface area (Å²) < 4.78 is 0. The lowest BCUT2D eigenvalue weighted by Gasteiger charge is -2.23. The Morgan fingerprint density at radius 2 is 1.79 bits per heavy atom. The number of fused-ring (bicyclic) bond motifs is 1. The molecule has 142 valence electrons. The molecule has 0 spiro atoms. The molecule has 0 fully saturated rings. The van der Waals surface area contributed by atoms with Gasteiger partial charge in [-0.2, -0.15) is 0 Å². The highest BCUT2D eigenvalue weighted by Crippen LogP contribution is 2.28. The minimum Gasteiger partial charge on any atom is -0.298 e. The summed E-state index contributed by atoms with van der Waals surface area (Å²) in [7, 11) is 0. The summed E-state index contributed by atoms with van der Waals surface area (Å²) in [6, 6.07) is 15.9. The van der Waals surface area contributed by atoms with Crippen molar-refractivity contribution in [2.75, 3.05) is 18.4 Å². The molecular formula is C22H21N3O2S. The van der Waals surface area contributed by atoms with E-state index in [-0.39, 0.29) is 11.7 Å². The quantitative estimate of drug-likeness (QED) is 0.668. The number of likely N-dealkylation sites (N-methyl/N-ethyl adjacent to an activating group) is 1. The standard InChI is InChI=1S/C22H21N3O2S/c1-2-25-13-12-18-19(14-25)28-22(23-18)24-21(27)17-11-7-6-10-16(17)20(26)15-8-4-3-5-9-15/h3-11H,2,12-14H2,1H3,(H,23,24,27). The fraction of sp³-hybridized carbons (Fsp3) is 0.227. The van der Waals surface area contributed by atoms with Crippen LogP contribution in [0, 0.1) is 0 Å². The minimum absolute atomic E-state index is 0.164. The molecule has 28 heavy (non-hydrogen) atoms. The van der Waals surface area contributed by atoms with Gasteiger partial charge in [-0.1, -0.05) is 55.5 Å². The number of nitrogens with one attached hydrogen (secondary N) is 1. The molecule has 0 saturated carbocycles. The molecule has 0 atom stereocenters.